The van der Waals surface area contributed by atoms with Gasteiger partial charge in [0.2, 0.25) is 0 Å². The Bertz CT molecular complexity index is 305. The van der Waals surface area contributed by atoms with E-state index in [-0.39, 0.29) is 0 Å². The average Bonchev–Trinajstić information content (AvgIpc) is 2.53. The third-order valence-electron chi connectivity index (χ3n) is 2.00. The van der Waals surface area contributed by atoms with E-state index in [1.54, 1.807) is 0 Å². The Balaban J connectivity index is 2.00. The lowest BCUT2D eigenvalue weighted by Gasteiger charge is -2.15. The normalized spacial score (nSPS) is 16.0. The zero-order valence-electron chi connectivity index (χ0n) is 7.40. The summed E-state index contributed by atoms with van der Waals surface area (Å²) in [6.45, 7) is 1.62. The van der Waals surface area contributed by atoms with E-state index in [2.05, 4.69) is 17.6 Å². The predicted octanol–water partition coefficient (Wildman–Crippen LogP) is 0.807. The fourth-order valence-corrected chi connectivity index (χ4v) is 1.37. The topological polar surface area (TPSA) is 41.3 Å². The number of hydrogen-bond donors (Lipinski definition) is 2. The number of benzene rings is 1. The molecule has 1 aliphatic rings. The van der Waals surface area contributed by atoms with E-state index < -0.39 is 0 Å². The number of nitrogens with zero attached hydrogens (tertiary/aromatic N) is 1. The summed E-state index contributed by atoms with van der Waals surface area (Å²) in [5, 5.41) is 2.00. The van der Waals surface area contributed by atoms with E-state index in [0.29, 0.717) is 0 Å². The number of nitrogens with one attached hydrogen (secondary N) is 1. The molecule has 0 spiro atoms. The van der Waals surface area contributed by atoms with Crippen LogP contribution in [-0.2, 0) is 6.54 Å². The lowest BCUT2D eigenvalue weighted by Crippen LogP contribution is -2.28. The molecule has 1 aromatic carbocycles. The summed E-state index contributed by atoms with van der Waals surface area (Å²) in [7, 11) is 0. The van der Waals surface area contributed by atoms with Gasteiger partial charge in [0.05, 0.1) is 13.1 Å². The van der Waals surface area contributed by atoms with Gasteiger partial charge >= 0.3 is 0 Å². The van der Waals surface area contributed by atoms with Crippen molar-refractivity contribution in [2.45, 2.75) is 6.54 Å². The van der Waals surface area contributed by atoms with Crippen LogP contribution < -0.4 is 11.2 Å². The molecule has 0 saturated heterocycles. The molecule has 0 fully saturated rings. The summed E-state index contributed by atoms with van der Waals surface area (Å²) in [6, 6.07) is 10.3. The second kappa shape index (κ2) is 3.49. The van der Waals surface area contributed by atoms with Crippen LogP contribution in [0.15, 0.2) is 42.2 Å². The summed E-state index contributed by atoms with van der Waals surface area (Å²) in [5.74, 6) is 0. The molecule has 3 N–H and O–H groups in total. The summed E-state index contributed by atoms with van der Waals surface area (Å²) in [6.07, 6.45) is 1.94. The van der Waals surface area contributed by atoms with Crippen molar-refractivity contribution in [1.29, 1.82) is 0 Å². The molecule has 1 aromatic rings. The number of hydrazine groups is 1. The minimum atomic E-state index is 0.757. The van der Waals surface area contributed by atoms with E-state index in [9.17, 15) is 0 Å². The molecule has 0 amide bonds. The van der Waals surface area contributed by atoms with Crippen LogP contribution >= 0.6 is 0 Å². The highest BCUT2D eigenvalue weighted by Gasteiger charge is 2.08. The van der Waals surface area contributed by atoms with E-state index >= 15 is 0 Å². The maximum absolute atomic E-state index is 5.64. The van der Waals surface area contributed by atoms with Gasteiger partial charge in [-0.2, -0.15) is 0 Å². The molecule has 0 bridgehead atoms. The third-order valence-corrected chi connectivity index (χ3v) is 2.00. The van der Waals surface area contributed by atoms with Crippen molar-refractivity contribution in [3.8, 4) is 0 Å². The van der Waals surface area contributed by atoms with Crippen molar-refractivity contribution in [1.82, 2.24) is 10.4 Å². The molecule has 0 atom stereocenters. The van der Waals surface area contributed by atoms with Crippen LogP contribution in [0.25, 0.3) is 0 Å². The highest BCUT2D eigenvalue weighted by atomic mass is 15.5. The van der Waals surface area contributed by atoms with Gasteiger partial charge in [0.25, 0.3) is 0 Å². The van der Waals surface area contributed by atoms with Crippen LogP contribution in [0.3, 0.4) is 0 Å². The number of nitrogens with two attached hydrogens (primary N) is 1. The first-order valence-electron chi connectivity index (χ1n) is 4.35. The molecule has 3 nitrogen and oxygen atoms in total. The van der Waals surface area contributed by atoms with Crippen LogP contribution in [-0.4, -0.2) is 11.6 Å². The summed E-state index contributed by atoms with van der Waals surface area (Å²) < 4.78 is 0. The van der Waals surface area contributed by atoms with Crippen molar-refractivity contribution in [3.05, 3.63) is 47.8 Å². The molecule has 13 heavy (non-hydrogen) atoms. The zero-order chi connectivity index (χ0) is 9.10. The fraction of sp³-hybridized carbons (Fsp3) is 0.200. The van der Waals surface area contributed by atoms with Crippen molar-refractivity contribution in [2.75, 3.05) is 6.54 Å². The maximum Gasteiger partial charge on any atom is 0.0589 e. The molecule has 68 valence electrons. The summed E-state index contributed by atoms with van der Waals surface area (Å²) in [4.78, 5) is 0. The molecular weight excluding hydrogens is 162 g/mol. The van der Waals surface area contributed by atoms with Crippen molar-refractivity contribution in [3.63, 3.8) is 0 Å². The predicted molar refractivity (Wildman–Crippen MR) is 52.3 cm³/mol. The van der Waals surface area contributed by atoms with E-state index in [4.69, 9.17) is 5.73 Å². The van der Waals surface area contributed by atoms with Gasteiger partial charge in [-0.05, 0) is 5.56 Å². The van der Waals surface area contributed by atoms with Crippen LogP contribution in [0.4, 0.5) is 0 Å². The Hall–Kier alpha value is -1.48. The first kappa shape index (κ1) is 8.13. The van der Waals surface area contributed by atoms with Gasteiger partial charge in [0, 0.05) is 11.9 Å². The molecule has 1 heterocycles. The quantitative estimate of drug-likeness (QED) is 0.698. The van der Waals surface area contributed by atoms with Crippen molar-refractivity contribution < 1.29 is 0 Å². The maximum atomic E-state index is 5.64. The third kappa shape index (κ3) is 2.00. The fourth-order valence-electron chi connectivity index (χ4n) is 1.37. The highest BCUT2D eigenvalue weighted by Crippen LogP contribution is 2.06. The Labute approximate surface area is 77.8 Å². The van der Waals surface area contributed by atoms with Gasteiger partial charge in [-0.25, -0.2) is 5.43 Å². The molecule has 3 heteroatoms. The van der Waals surface area contributed by atoms with Gasteiger partial charge in [-0.3, -0.25) is 0 Å². The van der Waals surface area contributed by atoms with Crippen LogP contribution in [0.5, 0.6) is 0 Å². The average molecular weight is 175 g/mol. The first-order chi connectivity index (χ1) is 6.34. The van der Waals surface area contributed by atoms with E-state index in [1.807, 2.05) is 29.4 Å². The van der Waals surface area contributed by atoms with Gasteiger partial charge in [-0.1, -0.05) is 30.3 Å². The van der Waals surface area contributed by atoms with Gasteiger partial charge in [-0.15, -0.1) is 0 Å². The number of rotatable bonds is 2. The van der Waals surface area contributed by atoms with Gasteiger partial charge in [0.15, 0.2) is 0 Å². The molecule has 1 aliphatic heterocycles. The SMILES string of the molecule is NC1=CN(Cc2ccccc2)NC1. The molecule has 0 aliphatic carbocycles. The Morgan fingerprint density at radius 3 is 2.69 bits per heavy atom. The van der Waals surface area contributed by atoms with Gasteiger partial charge in [0.1, 0.15) is 0 Å². The van der Waals surface area contributed by atoms with Crippen LogP contribution in [0.1, 0.15) is 5.56 Å². The standard InChI is InChI=1S/C10H13N3/c11-10-6-12-13(8-10)7-9-4-2-1-3-5-9/h1-5,8,12H,6-7,11H2. The minimum Gasteiger partial charge on any atom is -0.400 e. The summed E-state index contributed by atoms with van der Waals surface area (Å²) >= 11 is 0. The van der Waals surface area contributed by atoms with Crippen molar-refractivity contribution >= 4 is 0 Å². The molecule has 0 aromatic heterocycles. The molecule has 2 rings (SSSR count). The monoisotopic (exact) mass is 175 g/mol. The lowest BCUT2D eigenvalue weighted by molar-refractivity contribution is 0.298. The second-order valence-corrected chi connectivity index (χ2v) is 3.15. The summed E-state index contributed by atoms with van der Waals surface area (Å²) in [5.41, 5.74) is 11.0. The van der Waals surface area contributed by atoms with E-state index in [1.165, 1.54) is 5.56 Å². The Morgan fingerprint density at radius 2 is 2.08 bits per heavy atom. The molecule has 0 saturated carbocycles. The first-order valence-corrected chi connectivity index (χ1v) is 4.35. The molecular formula is C10H13N3. The zero-order valence-corrected chi connectivity index (χ0v) is 7.40. The smallest absolute Gasteiger partial charge is 0.0589 e. The van der Waals surface area contributed by atoms with Crippen LogP contribution in [0.2, 0.25) is 0 Å². The van der Waals surface area contributed by atoms with Crippen molar-refractivity contribution in [2.24, 2.45) is 5.73 Å². The number of hydrogen-bond acceptors (Lipinski definition) is 3. The lowest BCUT2D eigenvalue weighted by atomic mass is 10.2. The second-order valence-electron chi connectivity index (χ2n) is 3.15. The Morgan fingerprint density at radius 1 is 1.31 bits per heavy atom. The molecule has 0 radical (unpaired) electrons. The van der Waals surface area contributed by atoms with Crippen LogP contribution in [0, 0.1) is 0 Å². The molecule has 0 unspecified atom stereocenters. The highest BCUT2D eigenvalue weighted by molar-refractivity contribution is 5.15. The minimum absolute atomic E-state index is 0.757. The largest absolute Gasteiger partial charge is 0.400 e. The van der Waals surface area contributed by atoms with Gasteiger partial charge < -0.3 is 10.7 Å². The van der Waals surface area contributed by atoms with E-state index in [0.717, 1.165) is 18.8 Å². The Kier molecular flexibility index (Phi) is 2.19.